The van der Waals surface area contributed by atoms with Gasteiger partial charge in [0.05, 0.1) is 0 Å². The predicted octanol–water partition coefficient (Wildman–Crippen LogP) is -7.90. The Hall–Kier alpha value is -0.0965. The average Bonchev–Trinajstić information content (AvgIpc) is 1.70. The Morgan fingerprint density at radius 3 is 0.727 bits per heavy atom. The van der Waals surface area contributed by atoms with E-state index in [-0.39, 0.29) is 46.0 Å². The summed E-state index contributed by atoms with van der Waals surface area (Å²) in [7, 11) is 0. The fraction of sp³-hybridized carbons (Fsp3) is 0. The molecule has 0 bridgehead atoms. The van der Waals surface area contributed by atoms with Gasteiger partial charge in [0.2, 0.25) is 0 Å². The molecule has 0 unspecified atom stereocenters. The quantitative estimate of drug-likeness (QED) is 0.293. The summed E-state index contributed by atoms with van der Waals surface area (Å²) in [5.74, 6) is 0. The van der Waals surface area contributed by atoms with Gasteiger partial charge in [0, 0.05) is 19.4 Å². The number of hydrogen-bond donors (Lipinski definition) is 0. The molecule has 0 aliphatic rings. The zero-order chi connectivity index (χ0) is 8.12. The molecule has 11 heavy (non-hydrogen) atoms. The molecule has 0 spiro atoms. The van der Waals surface area contributed by atoms with Crippen LogP contribution in [-0.4, -0.2) is 19.4 Å². The normalized spacial score (nSPS) is 3.27. The minimum atomic E-state index is -0.500. The van der Waals surface area contributed by atoms with E-state index in [4.69, 9.17) is 29.7 Å². The van der Waals surface area contributed by atoms with Crippen molar-refractivity contribution in [2.24, 2.45) is 0 Å². The van der Waals surface area contributed by atoms with Crippen molar-refractivity contribution in [3.05, 3.63) is 0 Å². The largest absolute Gasteiger partial charge is 2.00 e. The summed E-state index contributed by atoms with van der Waals surface area (Å²) in [6.07, 6.45) is 0. The second kappa shape index (κ2) is 93.1. The molecule has 0 saturated carbocycles. The first kappa shape index (κ1) is 30.7. The van der Waals surface area contributed by atoms with Gasteiger partial charge in [0.1, 0.15) is 0 Å². The average molecular weight is 217 g/mol. The van der Waals surface area contributed by atoms with E-state index in [1.54, 1.807) is 0 Å². The van der Waals surface area contributed by atoms with Gasteiger partial charge >= 0.3 is 46.0 Å². The van der Waals surface area contributed by atoms with Crippen LogP contribution >= 0.6 is 0 Å². The van der Waals surface area contributed by atoms with Crippen LogP contribution < -0.4 is 44.9 Å². The molecular formula is C3H3NaNiO6. The first-order valence-corrected chi connectivity index (χ1v) is 1.41. The third kappa shape index (κ3) is 66400. The molecular weight excluding hydrogens is 214 g/mol. The molecule has 0 aromatic rings. The van der Waals surface area contributed by atoms with E-state index in [1.165, 1.54) is 0 Å². The number of rotatable bonds is 0. The van der Waals surface area contributed by atoms with E-state index in [0.717, 1.165) is 0 Å². The Kier molecular flexibility index (Phi) is 260. The second-order valence-corrected chi connectivity index (χ2v) is 0.289. The summed E-state index contributed by atoms with van der Waals surface area (Å²) in [5, 5.41) is 24.8. The number of hydrogen-bond acceptors (Lipinski definition) is 6. The summed E-state index contributed by atoms with van der Waals surface area (Å²) in [4.78, 5) is 24.8. The second-order valence-electron chi connectivity index (χ2n) is 0.289. The number of carbonyl (C=O) groups excluding carboxylic acids is 3. The van der Waals surface area contributed by atoms with Crippen molar-refractivity contribution in [3.8, 4) is 0 Å². The van der Waals surface area contributed by atoms with Gasteiger partial charge in [0.25, 0.3) is 0 Å². The van der Waals surface area contributed by atoms with Gasteiger partial charge in [-0.25, -0.2) is 0 Å². The Bertz CT molecular complexity index is 54.6. The summed E-state index contributed by atoms with van der Waals surface area (Å²) in [6.45, 7) is -1.50. The van der Waals surface area contributed by atoms with Gasteiger partial charge in [-0.1, -0.05) is 0 Å². The fourth-order valence-corrected chi connectivity index (χ4v) is 0. The van der Waals surface area contributed by atoms with Crippen LogP contribution in [0.25, 0.3) is 0 Å². The maximum absolute atomic E-state index is 8.25. The van der Waals surface area contributed by atoms with E-state index < -0.39 is 19.4 Å². The molecule has 8 heteroatoms. The van der Waals surface area contributed by atoms with Crippen LogP contribution in [0.4, 0.5) is 0 Å². The molecule has 0 heterocycles. The molecule has 0 atom stereocenters. The third-order valence-corrected chi connectivity index (χ3v) is 0. The monoisotopic (exact) mass is 216 g/mol. The van der Waals surface area contributed by atoms with Gasteiger partial charge in [-0.05, 0) is 0 Å². The molecule has 0 radical (unpaired) electrons. The summed E-state index contributed by atoms with van der Waals surface area (Å²) in [6, 6.07) is 0. The van der Waals surface area contributed by atoms with Crippen molar-refractivity contribution >= 4 is 19.4 Å². The smallest absolute Gasteiger partial charge is 0.554 e. The van der Waals surface area contributed by atoms with Crippen LogP contribution in [0, 0.1) is 0 Å². The molecule has 6 nitrogen and oxygen atoms in total. The number of carbonyl (C=O) groups is 3. The van der Waals surface area contributed by atoms with Crippen LogP contribution in [0.1, 0.15) is 0 Å². The molecule has 0 amide bonds. The number of carboxylic acid groups (broad SMARTS) is 3. The summed E-state index contributed by atoms with van der Waals surface area (Å²) >= 11 is 0. The van der Waals surface area contributed by atoms with Crippen molar-refractivity contribution in [3.63, 3.8) is 0 Å². The van der Waals surface area contributed by atoms with Gasteiger partial charge < -0.3 is 29.7 Å². The van der Waals surface area contributed by atoms with E-state index in [1.807, 2.05) is 0 Å². The minimum absolute atomic E-state index is 0. The van der Waals surface area contributed by atoms with Gasteiger partial charge in [-0.15, -0.1) is 0 Å². The van der Waals surface area contributed by atoms with E-state index in [2.05, 4.69) is 0 Å². The predicted molar refractivity (Wildman–Crippen MR) is 18.2 cm³/mol. The van der Waals surface area contributed by atoms with E-state index >= 15 is 0 Å². The zero-order valence-electron chi connectivity index (χ0n) is 5.50. The molecule has 0 rings (SSSR count). The molecule has 0 saturated heterocycles. The van der Waals surface area contributed by atoms with Crippen LogP contribution in [0.3, 0.4) is 0 Å². The van der Waals surface area contributed by atoms with Crippen molar-refractivity contribution in [1.82, 2.24) is 0 Å². The molecule has 0 aliphatic carbocycles. The van der Waals surface area contributed by atoms with Crippen molar-refractivity contribution < 1.29 is 75.8 Å². The van der Waals surface area contributed by atoms with Gasteiger partial charge in [-0.3, -0.25) is 0 Å². The minimum Gasteiger partial charge on any atom is -0.554 e. The summed E-state index contributed by atoms with van der Waals surface area (Å²) < 4.78 is 0. The fourth-order valence-electron chi connectivity index (χ4n) is 0. The van der Waals surface area contributed by atoms with Crippen molar-refractivity contribution in [2.75, 3.05) is 0 Å². The van der Waals surface area contributed by atoms with Crippen molar-refractivity contribution in [1.29, 1.82) is 0 Å². The Morgan fingerprint density at radius 2 is 0.727 bits per heavy atom. The first-order chi connectivity index (χ1) is 4.24. The van der Waals surface area contributed by atoms with Crippen LogP contribution in [0.5, 0.6) is 0 Å². The van der Waals surface area contributed by atoms with Crippen LogP contribution in [0.15, 0.2) is 0 Å². The topological polar surface area (TPSA) is 120 Å². The molecule has 0 fully saturated rings. The van der Waals surface area contributed by atoms with Crippen LogP contribution in [0.2, 0.25) is 0 Å². The SMILES string of the molecule is O=C[O-].O=C[O-].O=C[O-].[Na+].[Ni+2]. The van der Waals surface area contributed by atoms with Crippen LogP contribution in [-0.2, 0) is 30.9 Å². The van der Waals surface area contributed by atoms with E-state index in [0.29, 0.717) is 0 Å². The first-order valence-electron chi connectivity index (χ1n) is 1.41. The standard InChI is InChI=1S/3CH2O2.Na.Ni/c3*2-1-3;;/h3*1H,(H,2,3);;/q;;;+1;+2/p-3. The Labute approximate surface area is 94.8 Å². The van der Waals surface area contributed by atoms with Gasteiger partial charge in [-0.2, -0.15) is 0 Å². The Balaban J connectivity index is -0.0000000150. The van der Waals surface area contributed by atoms with Gasteiger partial charge in [0.15, 0.2) is 0 Å². The van der Waals surface area contributed by atoms with E-state index in [9.17, 15) is 0 Å². The molecule has 0 aromatic heterocycles. The maximum Gasteiger partial charge on any atom is 2.00 e. The molecule has 0 N–H and O–H groups in total. The third-order valence-electron chi connectivity index (χ3n) is 0. The molecule has 62 valence electrons. The van der Waals surface area contributed by atoms with Crippen molar-refractivity contribution in [2.45, 2.75) is 0 Å². The molecule has 0 aliphatic heterocycles. The maximum atomic E-state index is 8.25. The summed E-state index contributed by atoms with van der Waals surface area (Å²) in [5.41, 5.74) is 0. The molecule has 0 aromatic carbocycles. The Morgan fingerprint density at radius 1 is 0.727 bits per heavy atom. The zero-order valence-corrected chi connectivity index (χ0v) is 8.49.